The molecule has 106 valence electrons. The lowest BCUT2D eigenvalue weighted by Crippen LogP contribution is -2.18. The molecule has 0 saturated heterocycles. The topological polar surface area (TPSA) is 29.9 Å². The highest BCUT2D eigenvalue weighted by atomic mass is 35.5. The summed E-state index contributed by atoms with van der Waals surface area (Å²) in [6.45, 7) is 0. The van der Waals surface area contributed by atoms with Crippen molar-refractivity contribution in [2.45, 2.75) is 6.04 Å². The molecule has 0 amide bonds. The van der Waals surface area contributed by atoms with Gasteiger partial charge in [-0.05, 0) is 36.9 Å². The van der Waals surface area contributed by atoms with Crippen LogP contribution in [-0.2, 0) is 0 Å². The zero-order chi connectivity index (χ0) is 14.7. The Morgan fingerprint density at radius 3 is 2.43 bits per heavy atom. The molecule has 0 aliphatic heterocycles. The van der Waals surface area contributed by atoms with Crippen LogP contribution in [0.15, 0.2) is 66.9 Å². The van der Waals surface area contributed by atoms with Crippen LogP contribution in [-0.4, -0.2) is 16.8 Å². The Morgan fingerprint density at radius 1 is 1.00 bits per heavy atom. The van der Waals surface area contributed by atoms with Gasteiger partial charge in [-0.25, -0.2) is 4.68 Å². The summed E-state index contributed by atoms with van der Waals surface area (Å²) in [5.74, 6) is 0. The normalized spacial score (nSPS) is 12.3. The average molecular weight is 298 g/mol. The number of nitrogens with zero attached hydrogens (tertiary/aromatic N) is 2. The molecule has 3 rings (SSSR count). The number of nitrogens with one attached hydrogen (secondary N) is 1. The minimum Gasteiger partial charge on any atom is -0.308 e. The Hall–Kier alpha value is -2.10. The first-order chi connectivity index (χ1) is 10.3. The molecule has 1 aromatic heterocycles. The summed E-state index contributed by atoms with van der Waals surface area (Å²) in [6.07, 6.45) is 1.96. The third kappa shape index (κ3) is 2.84. The Kier molecular flexibility index (Phi) is 4.04. The molecule has 1 atom stereocenters. The van der Waals surface area contributed by atoms with Crippen molar-refractivity contribution in [1.29, 1.82) is 0 Å². The van der Waals surface area contributed by atoms with Crippen LogP contribution in [0.1, 0.15) is 17.3 Å². The van der Waals surface area contributed by atoms with Crippen LogP contribution in [0.2, 0.25) is 5.02 Å². The van der Waals surface area contributed by atoms with E-state index in [9.17, 15) is 0 Å². The molecule has 0 fully saturated rings. The molecule has 0 saturated carbocycles. The lowest BCUT2D eigenvalue weighted by molar-refractivity contribution is 0.657. The first kappa shape index (κ1) is 13.9. The Bertz CT molecular complexity index is 722. The lowest BCUT2D eigenvalue weighted by atomic mass is 10.0. The molecule has 1 N–H and O–H groups in total. The zero-order valence-corrected chi connectivity index (χ0v) is 12.5. The minimum absolute atomic E-state index is 0.0244. The van der Waals surface area contributed by atoms with Crippen molar-refractivity contribution in [2.24, 2.45) is 0 Å². The van der Waals surface area contributed by atoms with E-state index in [1.807, 2.05) is 78.6 Å². The SMILES string of the molecule is CNC(c1ccn(-c2ccccc2)n1)c1ccccc1Cl. The van der Waals surface area contributed by atoms with Crippen molar-refractivity contribution in [3.8, 4) is 5.69 Å². The monoisotopic (exact) mass is 297 g/mol. The average Bonchev–Trinajstić information content (AvgIpc) is 3.00. The molecule has 0 spiro atoms. The van der Waals surface area contributed by atoms with Gasteiger partial charge in [-0.1, -0.05) is 48.0 Å². The number of halogens is 1. The fourth-order valence-corrected chi connectivity index (χ4v) is 2.63. The summed E-state index contributed by atoms with van der Waals surface area (Å²) in [5, 5.41) is 8.69. The van der Waals surface area contributed by atoms with Gasteiger partial charge in [0.2, 0.25) is 0 Å². The van der Waals surface area contributed by atoms with E-state index in [-0.39, 0.29) is 6.04 Å². The Balaban J connectivity index is 1.96. The maximum absolute atomic E-state index is 6.30. The van der Waals surface area contributed by atoms with Crippen LogP contribution in [0.5, 0.6) is 0 Å². The second-order valence-corrected chi connectivity index (χ2v) is 5.17. The molecule has 21 heavy (non-hydrogen) atoms. The van der Waals surface area contributed by atoms with Crippen molar-refractivity contribution in [3.63, 3.8) is 0 Å². The van der Waals surface area contributed by atoms with Crippen LogP contribution >= 0.6 is 11.6 Å². The largest absolute Gasteiger partial charge is 0.308 e. The van der Waals surface area contributed by atoms with Crippen LogP contribution < -0.4 is 5.32 Å². The van der Waals surface area contributed by atoms with Gasteiger partial charge < -0.3 is 5.32 Å². The summed E-state index contributed by atoms with van der Waals surface area (Å²) in [7, 11) is 1.91. The zero-order valence-electron chi connectivity index (χ0n) is 11.7. The van der Waals surface area contributed by atoms with Crippen molar-refractivity contribution < 1.29 is 0 Å². The quantitative estimate of drug-likeness (QED) is 0.793. The van der Waals surface area contributed by atoms with Gasteiger partial charge in [-0.15, -0.1) is 0 Å². The number of hydrogen-bond acceptors (Lipinski definition) is 2. The molecule has 0 radical (unpaired) electrons. The smallest absolute Gasteiger partial charge is 0.0844 e. The molecule has 0 aliphatic rings. The summed E-state index contributed by atoms with van der Waals surface area (Å²) >= 11 is 6.30. The number of rotatable bonds is 4. The fraction of sp³-hybridized carbons (Fsp3) is 0.118. The maximum atomic E-state index is 6.30. The van der Waals surface area contributed by atoms with Gasteiger partial charge in [0.05, 0.1) is 17.4 Å². The Morgan fingerprint density at radius 2 is 1.71 bits per heavy atom. The highest BCUT2D eigenvalue weighted by molar-refractivity contribution is 6.31. The first-order valence-electron chi connectivity index (χ1n) is 6.82. The van der Waals surface area contributed by atoms with Crippen LogP contribution in [0.25, 0.3) is 5.69 Å². The predicted octanol–water partition coefficient (Wildman–Crippen LogP) is 3.83. The third-order valence-corrected chi connectivity index (χ3v) is 3.78. The van der Waals surface area contributed by atoms with Crippen LogP contribution in [0, 0.1) is 0 Å². The molecule has 2 aromatic carbocycles. The minimum atomic E-state index is -0.0244. The van der Waals surface area contributed by atoms with Gasteiger partial charge >= 0.3 is 0 Å². The first-order valence-corrected chi connectivity index (χ1v) is 7.20. The summed E-state index contributed by atoms with van der Waals surface area (Å²) in [5.41, 5.74) is 3.01. The van der Waals surface area contributed by atoms with Crippen molar-refractivity contribution in [2.75, 3.05) is 7.05 Å². The van der Waals surface area contributed by atoms with Gasteiger partial charge in [-0.2, -0.15) is 5.10 Å². The van der Waals surface area contributed by atoms with E-state index >= 15 is 0 Å². The van der Waals surface area contributed by atoms with E-state index in [4.69, 9.17) is 11.6 Å². The standard InChI is InChI=1S/C17H16ClN3/c1-19-17(14-9-5-6-10-15(14)18)16-11-12-21(20-16)13-7-3-2-4-8-13/h2-12,17,19H,1H3. The second-order valence-electron chi connectivity index (χ2n) is 4.76. The summed E-state index contributed by atoms with van der Waals surface area (Å²) < 4.78 is 1.87. The molecule has 1 unspecified atom stereocenters. The number of benzene rings is 2. The molecule has 0 aliphatic carbocycles. The maximum Gasteiger partial charge on any atom is 0.0844 e. The van der Waals surface area contributed by atoms with Gasteiger partial charge in [0, 0.05) is 11.2 Å². The molecular formula is C17H16ClN3. The number of hydrogen-bond donors (Lipinski definition) is 1. The van der Waals surface area contributed by atoms with Gasteiger partial charge in [0.25, 0.3) is 0 Å². The lowest BCUT2D eigenvalue weighted by Gasteiger charge is -2.15. The van der Waals surface area contributed by atoms with Gasteiger partial charge in [0.1, 0.15) is 0 Å². The second kappa shape index (κ2) is 6.12. The van der Waals surface area contributed by atoms with Crippen LogP contribution in [0.3, 0.4) is 0 Å². The van der Waals surface area contributed by atoms with E-state index in [1.54, 1.807) is 0 Å². The molecule has 0 bridgehead atoms. The van der Waals surface area contributed by atoms with Crippen molar-refractivity contribution in [1.82, 2.24) is 15.1 Å². The van der Waals surface area contributed by atoms with E-state index in [0.717, 1.165) is 22.0 Å². The van der Waals surface area contributed by atoms with E-state index in [1.165, 1.54) is 0 Å². The predicted molar refractivity (Wildman–Crippen MR) is 85.9 cm³/mol. The highest BCUT2D eigenvalue weighted by Gasteiger charge is 2.17. The fourth-order valence-electron chi connectivity index (χ4n) is 2.39. The highest BCUT2D eigenvalue weighted by Crippen LogP contribution is 2.27. The number of aromatic nitrogens is 2. The van der Waals surface area contributed by atoms with Crippen LogP contribution in [0.4, 0.5) is 0 Å². The number of para-hydroxylation sites is 1. The third-order valence-electron chi connectivity index (χ3n) is 3.43. The summed E-state index contributed by atoms with van der Waals surface area (Å²) in [6, 6.07) is 19.9. The van der Waals surface area contributed by atoms with Gasteiger partial charge in [-0.3, -0.25) is 0 Å². The van der Waals surface area contributed by atoms with E-state index in [2.05, 4.69) is 10.4 Å². The van der Waals surface area contributed by atoms with Crippen molar-refractivity contribution in [3.05, 3.63) is 83.1 Å². The van der Waals surface area contributed by atoms with Crippen molar-refractivity contribution >= 4 is 11.6 Å². The Labute approximate surface area is 129 Å². The molecular weight excluding hydrogens is 282 g/mol. The molecule has 3 aromatic rings. The van der Waals surface area contributed by atoms with E-state index in [0.29, 0.717) is 0 Å². The molecule has 4 heteroatoms. The van der Waals surface area contributed by atoms with E-state index < -0.39 is 0 Å². The van der Waals surface area contributed by atoms with Gasteiger partial charge in [0.15, 0.2) is 0 Å². The summed E-state index contributed by atoms with van der Waals surface area (Å²) in [4.78, 5) is 0. The molecule has 1 heterocycles. The molecule has 3 nitrogen and oxygen atoms in total.